The molecule has 88 valence electrons. The Bertz CT molecular complexity index is 513. The van der Waals surface area contributed by atoms with Gasteiger partial charge < -0.3 is 11.5 Å². The first kappa shape index (κ1) is 11.5. The van der Waals surface area contributed by atoms with Gasteiger partial charge in [0.15, 0.2) is 0 Å². The number of hydrogen-bond donors (Lipinski definition) is 2. The smallest absolute Gasteiger partial charge is 0.0320 e. The predicted molar refractivity (Wildman–Crippen MR) is 74.8 cm³/mol. The molecular formula is C15H18N2. The van der Waals surface area contributed by atoms with Crippen molar-refractivity contribution in [2.75, 3.05) is 11.5 Å². The van der Waals surface area contributed by atoms with Gasteiger partial charge in [0, 0.05) is 11.4 Å². The van der Waals surface area contributed by atoms with E-state index in [1.807, 2.05) is 36.4 Å². The fourth-order valence-corrected chi connectivity index (χ4v) is 1.99. The van der Waals surface area contributed by atoms with Crippen molar-refractivity contribution in [3.63, 3.8) is 0 Å². The molecule has 0 atom stereocenters. The van der Waals surface area contributed by atoms with Crippen molar-refractivity contribution in [3.8, 4) is 11.1 Å². The van der Waals surface area contributed by atoms with E-state index >= 15 is 0 Å². The Morgan fingerprint density at radius 1 is 0.824 bits per heavy atom. The molecule has 2 aromatic rings. The minimum atomic E-state index is 0.475. The molecule has 0 fully saturated rings. The molecule has 0 unspecified atom stereocenters. The van der Waals surface area contributed by atoms with Crippen molar-refractivity contribution in [1.82, 2.24) is 0 Å². The number of anilines is 2. The molecule has 0 heterocycles. The summed E-state index contributed by atoms with van der Waals surface area (Å²) in [6.07, 6.45) is 0. The Kier molecular flexibility index (Phi) is 3.05. The summed E-state index contributed by atoms with van der Waals surface area (Å²) in [7, 11) is 0. The Hall–Kier alpha value is -1.96. The van der Waals surface area contributed by atoms with E-state index in [9.17, 15) is 0 Å². The van der Waals surface area contributed by atoms with Crippen molar-refractivity contribution in [2.45, 2.75) is 19.8 Å². The van der Waals surface area contributed by atoms with E-state index in [0.29, 0.717) is 5.92 Å². The highest BCUT2D eigenvalue weighted by Gasteiger charge is 2.08. The molecule has 0 spiro atoms. The molecule has 2 nitrogen and oxygen atoms in total. The van der Waals surface area contributed by atoms with Gasteiger partial charge in [-0.15, -0.1) is 0 Å². The van der Waals surface area contributed by atoms with Crippen molar-refractivity contribution >= 4 is 11.4 Å². The Morgan fingerprint density at radius 3 is 2.00 bits per heavy atom. The van der Waals surface area contributed by atoms with E-state index in [-0.39, 0.29) is 0 Å². The summed E-state index contributed by atoms with van der Waals surface area (Å²) in [6.45, 7) is 4.37. The van der Waals surface area contributed by atoms with Gasteiger partial charge >= 0.3 is 0 Å². The minimum absolute atomic E-state index is 0.475. The van der Waals surface area contributed by atoms with Crippen LogP contribution in [0.5, 0.6) is 0 Å². The molecule has 0 aromatic heterocycles. The second-order valence-corrected chi connectivity index (χ2v) is 4.62. The summed E-state index contributed by atoms with van der Waals surface area (Å²) in [6, 6.07) is 14.0. The number of rotatable bonds is 2. The highest BCUT2D eigenvalue weighted by atomic mass is 14.5. The molecule has 4 N–H and O–H groups in total. The third-order valence-electron chi connectivity index (χ3n) is 2.92. The molecule has 0 aliphatic rings. The lowest BCUT2D eigenvalue weighted by atomic mass is 9.92. The first-order valence-electron chi connectivity index (χ1n) is 5.83. The second-order valence-electron chi connectivity index (χ2n) is 4.62. The number of nitrogen functional groups attached to an aromatic ring is 2. The van der Waals surface area contributed by atoms with Crippen LogP contribution >= 0.6 is 0 Å². The van der Waals surface area contributed by atoms with E-state index in [2.05, 4.69) is 19.9 Å². The van der Waals surface area contributed by atoms with Gasteiger partial charge in [0.05, 0.1) is 0 Å². The lowest BCUT2D eigenvalue weighted by Gasteiger charge is -2.14. The molecule has 0 amide bonds. The van der Waals surface area contributed by atoms with Crippen molar-refractivity contribution in [2.24, 2.45) is 0 Å². The number of nitrogens with two attached hydrogens (primary N) is 2. The highest BCUT2D eigenvalue weighted by molar-refractivity contribution is 5.72. The number of hydrogen-bond acceptors (Lipinski definition) is 2. The monoisotopic (exact) mass is 226 g/mol. The minimum Gasteiger partial charge on any atom is -0.399 e. The largest absolute Gasteiger partial charge is 0.399 e. The molecule has 0 saturated heterocycles. The van der Waals surface area contributed by atoms with Crippen LogP contribution in [0.4, 0.5) is 11.4 Å². The first-order chi connectivity index (χ1) is 8.08. The van der Waals surface area contributed by atoms with Crippen LogP contribution in [-0.2, 0) is 0 Å². The van der Waals surface area contributed by atoms with Crippen LogP contribution in [0.1, 0.15) is 25.3 Å². The van der Waals surface area contributed by atoms with Crippen molar-refractivity contribution in [1.29, 1.82) is 0 Å². The third-order valence-corrected chi connectivity index (χ3v) is 2.92. The van der Waals surface area contributed by atoms with Crippen LogP contribution in [0.2, 0.25) is 0 Å². The number of benzene rings is 2. The molecular weight excluding hydrogens is 208 g/mol. The van der Waals surface area contributed by atoms with Crippen LogP contribution in [-0.4, -0.2) is 0 Å². The Morgan fingerprint density at radius 2 is 1.41 bits per heavy atom. The Balaban J connectivity index is 2.56. The van der Waals surface area contributed by atoms with Gasteiger partial charge in [0.2, 0.25) is 0 Å². The highest BCUT2D eigenvalue weighted by Crippen LogP contribution is 2.31. The Labute approximate surface area is 102 Å². The maximum atomic E-state index is 5.87. The summed E-state index contributed by atoms with van der Waals surface area (Å²) in [5, 5.41) is 0. The van der Waals surface area contributed by atoms with Gasteiger partial charge in [-0.2, -0.15) is 0 Å². The van der Waals surface area contributed by atoms with Gasteiger partial charge in [-0.05, 0) is 46.9 Å². The maximum Gasteiger partial charge on any atom is 0.0320 e. The topological polar surface area (TPSA) is 52.0 Å². The predicted octanol–water partition coefficient (Wildman–Crippen LogP) is 3.64. The van der Waals surface area contributed by atoms with Gasteiger partial charge in [-0.1, -0.05) is 32.0 Å². The zero-order chi connectivity index (χ0) is 12.4. The van der Waals surface area contributed by atoms with Crippen LogP contribution in [0.15, 0.2) is 42.5 Å². The zero-order valence-electron chi connectivity index (χ0n) is 10.3. The van der Waals surface area contributed by atoms with Crippen LogP contribution in [0, 0.1) is 0 Å². The van der Waals surface area contributed by atoms with Crippen LogP contribution in [0.25, 0.3) is 11.1 Å². The van der Waals surface area contributed by atoms with Crippen LogP contribution < -0.4 is 11.5 Å². The van der Waals surface area contributed by atoms with Crippen molar-refractivity contribution < 1.29 is 0 Å². The van der Waals surface area contributed by atoms with Gasteiger partial charge in [-0.3, -0.25) is 0 Å². The SMILES string of the molecule is CC(C)c1ccc(N)cc1-c1ccc(N)cc1. The van der Waals surface area contributed by atoms with Crippen LogP contribution in [0.3, 0.4) is 0 Å². The van der Waals surface area contributed by atoms with Gasteiger partial charge in [0.25, 0.3) is 0 Å². The molecule has 2 rings (SSSR count). The van der Waals surface area contributed by atoms with E-state index < -0.39 is 0 Å². The fourth-order valence-electron chi connectivity index (χ4n) is 1.99. The summed E-state index contributed by atoms with van der Waals surface area (Å²) >= 11 is 0. The van der Waals surface area contributed by atoms with Gasteiger partial charge in [-0.25, -0.2) is 0 Å². The molecule has 0 radical (unpaired) electrons. The molecule has 0 aliphatic heterocycles. The molecule has 0 bridgehead atoms. The molecule has 2 heteroatoms. The second kappa shape index (κ2) is 4.50. The standard InChI is InChI=1S/C15H18N2/c1-10(2)14-8-7-13(17)9-15(14)11-3-5-12(16)6-4-11/h3-10H,16-17H2,1-2H3. The summed E-state index contributed by atoms with van der Waals surface area (Å²) in [5.74, 6) is 0.475. The molecule has 0 aliphatic carbocycles. The van der Waals surface area contributed by atoms with E-state index in [1.165, 1.54) is 11.1 Å². The lowest BCUT2D eigenvalue weighted by Crippen LogP contribution is -1.95. The van der Waals surface area contributed by atoms with Gasteiger partial charge in [0.1, 0.15) is 0 Å². The zero-order valence-corrected chi connectivity index (χ0v) is 10.3. The van der Waals surface area contributed by atoms with E-state index in [1.54, 1.807) is 0 Å². The molecule has 17 heavy (non-hydrogen) atoms. The van der Waals surface area contributed by atoms with E-state index in [0.717, 1.165) is 16.9 Å². The quantitative estimate of drug-likeness (QED) is 0.768. The summed E-state index contributed by atoms with van der Waals surface area (Å²) in [5.41, 5.74) is 16.8. The molecule has 0 saturated carbocycles. The summed E-state index contributed by atoms with van der Waals surface area (Å²) in [4.78, 5) is 0. The van der Waals surface area contributed by atoms with E-state index in [4.69, 9.17) is 11.5 Å². The lowest BCUT2D eigenvalue weighted by molar-refractivity contribution is 0.869. The normalized spacial score (nSPS) is 10.8. The molecule has 2 aromatic carbocycles. The maximum absolute atomic E-state index is 5.87. The average molecular weight is 226 g/mol. The summed E-state index contributed by atoms with van der Waals surface area (Å²) < 4.78 is 0. The fraction of sp³-hybridized carbons (Fsp3) is 0.200. The van der Waals surface area contributed by atoms with Crippen molar-refractivity contribution in [3.05, 3.63) is 48.0 Å². The average Bonchev–Trinajstić information content (AvgIpc) is 2.29. The first-order valence-corrected chi connectivity index (χ1v) is 5.83. The third kappa shape index (κ3) is 2.41.